The first-order valence-electron chi connectivity index (χ1n) is 4.03. The maximum Gasteiger partial charge on any atom is 0.127 e. The Morgan fingerprint density at radius 2 is 1.67 bits per heavy atom. The minimum Gasteiger partial charge on any atom is -0.207 e. The van der Waals surface area contributed by atoms with Gasteiger partial charge in [0.15, 0.2) is 0 Å². The smallest absolute Gasteiger partial charge is 0.127 e. The van der Waals surface area contributed by atoms with Crippen LogP contribution in [0.25, 0.3) is 0 Å². The molecule has 0 heterocycles. The minimum absolute atomic E-state index is 0.231. The monoisotopic (exact) mass is 188 g/mol. The fourth-order valence-corrected chi connectivity index (χ4v) is 1.03. The van der Waals surface area contributed by atoms with E-state index < -0.39 is 0 Å². The van der Waals surface area contributed by atoms with Crippen LogP contribution < -0.4 is 0 Å². The number of hydrogen-bond acceptors (Lipinski definition) is 0. The molecule has 0 aromatic heterocycles. The molecule has 0 saturated carbocycles. The summed E-state index contributed by atoms with van der Waals surface area (Å²) in [4.78, 5) is 0. The molecule has 0 saturated heterocycles. The molecule has 12 heavy (non-hydrogen) atoms. The number of aryl methyl sites for hydroxylation is 1. The Morgan fingerprint density at radius 3 is 2.08 bits per heavy atom. The molecule has 0 unspecified atom stereocenters. The normalized spacial score (nSPS) is 8.83. The summed E-state index contributed by atoms with van der Waals surface area (Å²) < 4.78 is 12.8. The second-order valence-electron chi connectivity index (χ2n) is 2.35. The molecule has 1 aromatic rings. The molecule has 0 fully saturated rings. The molecule has 0 radical (unpaired) electrons. The predicted molar refractivity (Wildman–Crippen MR) is 52.2 cm³/mol. The Bertz CT molecular complexity index is 233. The number of halogens is 2. The maximum absolute atomic E-state index is 12.8. The van der Waals surface area contributed by atoms with Crippen molar-refractivity contribution in [2.24, 2.45) is 0 Å². The molecule has 1 rings (SSSR count). The molecule has 0 N–H and O–H groups in total. The lowest BCUT2D eigenvalue weighted by molar-refractivity contribution is 0.617. The van der Waals surface area contributed by atoms with Gasteiger partial charge in [-0.05, 0) is 31.5 Å². The van der Waals surface area contributed by atoms with Crippen LogP contribution in [0.1, 0.15) is 25.0 Å². The lowest BCUT2D eigenvalue weighted by atomic mass is 10.2. The Kier molecular flexibility index (Phi) is 4.91. The Balaban J connectivity index is 0.000000561. The first-order valence-corrected chi connectivity index (χ1v) is 4.41. The zero-order valence-electron chi connectivity index (χ0n) is 7.91. The van der Waals surface area contributed by atoms with Gasteiger partial charge in [0.25, 0.3) is 0 Å². The van der Waals surface area contributed by atoms with Gasteiger partial charge in [0.1, 0.15) is 5.82 Å². The highest BCUT2D eigenvalue weighted by molar-refractivity contribution is 6.31. The summed E-state index contributed by atoms with van der Waals surface area (Å²) in [5.74, 6) is -0.231. The van der Waals surface area contributed by atoms with Crippen LogP contribution in [0, 0.1) is 19.7 Å². The van der Waals surface area contributed by atoms with Crippen molar-refractivity contribution in [1.29, 1.82) is 0 Å². The summed E-state index contributed by atoms with van der Waals surface area (Å²) >= 11 is 5.68. The van der Waals surface area contributed by atoms with E-state index in [4.69, 9.17) is 11.6 Å². The average Bonchev–Trinajstić information content (AvgIpc) is 2.04. The summed E-state index contributed by atoms with van der Waals surface area (Å²) in [6, 6.07) is 3.22. The zero-order valence-corrected chi connectivity index (χ0v) is 8.67. The fourth-order valence-electron chi connectivity index (χ4n) is 0.772. The SMILES string of the molecule is CC.Cc1cc(F)c(C)c(Cl)c1. The fraction of sp³-hybridized carbons (Fsp3) is 0.400. The van der Waals surface area contributed by atoms with Crippen molar-refractivity contribution < 1.29 is 4.39 Å². The predicted octanol–water partition coefficient (Wildman–Crippen LogP) is 4.12. The largest absolute Gasteiger partial charge is 0.207 e. The van der Waals surface area contributed by atoms with Gasteiger partial charge in [-0.2, -0.15) is 0 Å². The highest BCUT2D eigenvalue weighted by atomic mass is 35.5. The summed E-state index contributed by atoms with van der Waals surface area (Å²) in [5.41, 5.74) is 1.38. The third-order valence-corrected chi connectivity index (χ3v) is 1.82. The van der Waals surface area contributed by atoms with E-state index in [-0.39, 0.29) is 5.82 Å². The second kappa shape index (κ2) is 5.15. The Labute approximate surface area is 78.4 Å². The van der Waals surface area contributed by atoms with Crippen molar-refractivity contribution in [3.05, 3.63) is 34.1 Å². The van der Waals surface area contributed by atoms with Crippen LogP contribution in [0.3, 0.4) is 0 Å². The quantitative estimate of drug-likeness (QED) is 0.575. The molecule has 1 aromatic carbocycles. The summed E-state index contributed by atoms with van der Waals surface area (Å²) in [6.07, 6.45) is 0. The van der Waals surface area contributed by atoms with Crippen molar-refractivity contribution in [1.82, 2.24) is 0 Å². The van der Waals surface area contributed by atoms with Crippen molar-refractivity contribution in [3.63, 3.8) is 0 Å². The molecule has 68 valence electrons. The van der Waals surface area contributed by atoms with Crippen LogP contribution in [0.15, 0.2) is 12.1 Å². The molecular weight excluding hydrogens is 175 g/mol. The Morgan fingerprint density at radius 1 is 1.17 bits per heavy atom. The van der Waals surface area contributed by atoms with E-state index in [9.17, 15) is 4.39 Å². The van der Waals surface area contributed by atoms with Crippen LogP contribution in [0.4, 0.5) is 4.39 Å². The van der Waals surface area contributed by atoms with Crippen molar-refractivity contribution in [2.45, 2.75) is 27.7 Å². The van der Waals surface area contributed by atoms with E-state index in [2.05, 4.69) is 0 Å². The standard InChI is InChI=1S/C8H8ClF.C2H6/c1-5-3-7(9)6(2)8(10)4-5;1-2/h3-4H,1-2H3;1-2H3. The molecule has 2 heteroatoms. The van der Waals surface area contributed by atoms with Crippen LogP contribution in [0.2, 0.25) is 5.02 Å². The van der Waals surface area contributed by atoms with Gasteiger partial charge in [-0.25, -0.2) is 4.39 Å². The molecule has 0 aliphatic rings. The van der Waals surface area contributed by atoms with Crippen molar-refractivity contribution >= 4 is 11.6 Å². The molecule has 0 amide bonds. The third-order valence-electron chi connectivity index (χ3n) is 1.43. The van der Waals surface area contributed by atoms with E-state index in [0.29, 0.717) is 10.6 Å². The lowest BCUT2D eigenvalue weighted by Crippen LogP contribution is -1.84. The van der Waals surface area contributed by atoms with E-state index >= 15 is 0 Å². The molecule has 0 atom stereocenters. The molecule has 0 nitrogen and oxygen atoms in total. The summed E-state index contributed by atoms with van der Waals surface area (Å²) in [5, 5.41) is 0.498. The highest BCUT2D eigenvalue weighted by Gasteiger charge is 2.01. The number of benzene rings is 1. The van der Waals surface area contributed by atoms with Gasteiger partial charge in [-0.15, -0.1) is 0 Å². The highest BCUT2D eigenvalue weighted by Crippen LogP contribution is 2.19. The number of rotatable bonds is 0. The van der Waals surface area contributed by atoms with E-state index in [1.54, 1.807) is 13.0 Å². The van der Waals surface area contributed by atoms with Crippen molar-refractivity contribution in [3.8, 4) is 0 Å². The average molecular weight is 189 g/mol. The van der Waals surface area contributed by atoms with Gasteiger partial charge in [-0.1, -0.05) is 25.4 Å². The summed E-state index contributed by atoms with van der Waals surface area (Å²) in [7, 11) is 0. The lowest BCUT2D eigenvalue weighted by Gasteiger charge is -1.99. The molecule has 0 aliphatic carbocycles. The van der Waals surface area contributed by atoms with Gasteiger partial charge < -0.3 is 0 Å². The first kappa shape index (κ1) is 11.4. The number of hydrogen-bond donors (Lipinski definition) is 0. The topological polar surface area (TPSA) is 0 Å². The van der Waals surface area contributed by atoms with E-state index in [1.165, 1.54) is 6.07 Å². The summed E-state index contributed by atoms with van der Waals surface area (Å²) in [6.45, 7) is 7.48. The van der Waals surface area contributed by atoms with Gasteiger partial charge in [0, 0.05) is 10.6 Å². The second-order valence-corrected chi connectivity index (χ2v) is 2.76. The van der Waals surface area contributed by atoms with Crippen LogP contribution in [0.5, 0.6) is 0 Å². The van der Waals surface area contributed by atoms with E-state index in [0.717, 1.165) is 5.56 Å². The Hall–Kier alpha value is -0.560. The van der Waals surface area contributed by atoms with Crippen LogP contribution in [-0.2, 0) is 0 Å². The van der Waals surface area contributed by atoms with Gasteiger partial charge >= 0.3 is 0 Å². The van der Waals surface area contributed by atoms with Gasteiger partial charge in [-0.3, -0.25) is 0 Å². The maximum atomic E-state index is 12.8. The molecule has 0 spiro atoms. The molecule has 0 bridgehead atoms. The first-order chi connectivity index (χ1) is 5.61. The van der Waals surface area contributed by atoms with Crippen molar-refractivity contribution in [2.75, 3.05) is 0 Å². The third kappa shape index (κ3) is 2.82. The minimum atomic E-state index is -0.231. The van der Waals surface area contributed by atoms with Gasteiger partial charge in [0.2, 0.25) is 0 Å². The van der Waals surface area contributed by atoms with E-state index in [1.807, 2.05) is 20.8 Å². The molecular formula is C10H14ClF. The van der Waals surface area contributed by atoms with Gasteiger partial charge in [0.05, 0.1) is 0 Å². The zero-order chi connectivity index (χ0) is 9.72. The van der Waals surface area contributed by atoms with Crippen LogP contribution >= 0.6 is 11.6 Å². The molecule has 0 aliphatic heterocycles. The van der Waals surface area contributed by atoms with Crippen LogP contribution in [-0.4, -0.2) is 0 Å².